The molecule has 148 valence electrons. The summed E-state index contributed by atoms with van der Waals surface area (Å²) in [5.41, 5.74) is -0.635. The van der Waals surface area contributed by atoms with Crippen LogP contribution < -0.4 is 9.47 Å². The van der Waals surface area contributed by atoms with Crippen molar-refractivity contribution in [1.82, 2.24) is 24.8 Å². The first-order valence-electron chi connectivity index (χ1n) is 8.66. The van der Waals surface area contributed by atoms with Gasteiger partial charge in [0.05, 0.1) is 26.4 Å². The lowest BCUT2D eigenvalue weighted by molar-refractivity contribution is 0.0692. The molecule has 11 nitrogen and oxygen atoms in total. The van der Waals surface area contributed by atoms with Crippen LogP contribution in [0.1, 0.15) is 0 Å². The van der Waals surface area contributed by atoms with Gasteiger partial charge in [0.15, 0.2) is 0 Å². The Morgan fingerprint density at radius 1 is 0.741 bits per heavy atom. The van der Waals surface area contributed by atoms with Crippen LogP contribution in [0.2, 0.25) is 5.28 Å². The number of aromatic nitrogens is 3. The lowest BCUT2D eigenvalue weighted by Gasteiger charge is -2.27. The number of hydrogen-bond donors (Lipinski definition) is 0. The predicted molar refractivity (Wildman–Crippen MR) is 88.2 cm³/mol. The van der Waals surface area contributed by atoms with E-state index in [0.29, 0.717) is 66.6 Å². The van der Waals surface area contributed by atoms with Crippen molar-refractivity contribution in [3.05, 3.63) is 5.28 Å². The molecule has 0 bridgehead atoms. The number of fused-ring (bicyclic) bond motifs is 2. The molecule has 1 aromatic heterocycles. The highest BCUT2D eigenvalue weighted by atomic mass is 35.5. The Bertz CT molecular complexity index is 637. The molecule has 4 fully saturated rings. The maximum absolute atomic E-state index is 6.02. The molecule has 0 aromatic carbocycles. The molecule has 0 spiro atoms. The number of nitrogens with zero attached hydrogens (tertiary/aromatic N) is 5. The topological polar surface area (TPSA) is 101 Å². The Hall–Kier alpha value is -1.34. The third-order valence-electron chi connectivity index (χ3n) is 5.32. The van der Waals surface area contributed by atoms with Crippen molar-refractivity contribution < 1.29 is 28.4 Å². The van der Waals surface area contributed by atoms with E-state index in [1.54, 1.807) is 0 Å². The minimum absolute atomic E-state index is 0.00870. The first kappa shape index (κ1) is 17.7. The van der Waals surface area contributed by atoms with Crippen LogP contribution in [0.25, 0.3) is 0 Å². The zero-order chi connectivity index (χ0) is 18.3. The second kappa shape index (κ2) is 6.92. The quantitative estimate of drug-likeness (QED) is 0.605. The third-order valence-corrected chi connectivity index (χ3v) is 5.49. The van der Waals surface area contributed by atoms with E-state index >= 15 is 0 Å². The van der Waals surface area contributed by atoms with Gasteiger partial charge in [-0.05, 0) is 11.6 Å². The van der Waals surface area contributed by atoms with E-state index in [-0.39, 0.29) is 28.4 Å². The Balaban J connectivity index is 1.24. The second-order valence-electron chi connectivity index (χ2n) is 7.19. The molecule has 0 atom stereocenters. The SMILES string of the molecule is Clc1nc(OCC23COCN2COC3)nc(OCC23COCN2COC3)n1. The molecule has 5 rings (SSSR count). The highest BCUT2D eigenvalue weighted by Crippen LogP contribution is 2.30. The molecule has 0 radical (unpaired) electrons. The molecule has 4 aliphatic heterocycles. The Morgan fingerprint density at radius 3 is 1.56 bits per heavy atom. The maximum atomic E-state index is 6.02. The van der Waals surface area contributed by atoms with Crippen molar-refractivity contribution in [2.24, 2.45) is 0 Å². The van der Waals surface area contributed by atoms with Crippen molar-refractivity contribution in [3.8, 4) is 12.0 Å². The molecule has 1 aromatic rings. The van der Waals surface area contributed by atoms with Crippen LogP contribution in [0.5, 0.6) is 12.0 Å². The van der Waals surface area contributed by atoms with Crippen LogP contribution in [-0.2, 0) is 18.9 Å². The van der Waals surface area contributed by atoms with Crippen LogP contribution in [0.15, 0.2) is 0 Å². The average molecular weight is 402 g/mol. The van der Waals surface area contributed by atoms with Gasteiger partial charge in [0.1, 0.15) is 51.2 Å². The number of rotatable bonds is 6. The van der Waals surface area contributed by atoms with E-state index in [4.69, 9.17) is 40.0 Å². The number of halogens is 1. The van der Waals surface area contributed by atoms with Gasteiger partial charge in [-0.2, -0.15) is 9.97 Å². The van der Waals surface area contributed by atoms with E-state index in [2.05, 4.69) is 24.8 Å². The van der Waals surface area contributed by atoms with E-state index < -0.39 is 0 Å². The van der Waals surface area contributed by atoms with E-state index in [1.807, 2.05) is 0 Å². The smallest absolute Gasteiger partial charge is 0.323 e. The fourth-order valence-corrected chi connectivity index (χ4v) is 3.79. The molecule has 0 amide bonds. The summed E-state index contributed by atoms with van der Waals surface area (Å²) in [6.07, 6.45) is 0. The summed E-state index contributed by atoms with van der Waals surface area (Å²) < 4.78 is 33.6. The molecule has 0 aliphatic carbocycles. The van der Waals surface area contributed by atoms with Crippen molar-refractivity contribution in [1.29, 1.82) is 0 Å². The van der Waals surface area contributed by atoms with E-state index in [9.17, 15) is 0 Å². The molecular formula is C15H20ClN5O6. The van der Waals surface area contributed by atoms with Crippen LogP contribution in [0.4, 0.5) is 0 Å². The van der Waals surface area contributed by atoms with Gasteiger partial charge < -0.3 is 28.4 Å². The second-order valence-corrected chi connectivity index (χ2v) is 7.52. The van der Waals surface area contributed by atoms with Crippen molar-refractivity contribution >= 4 is 11.6 Å². The van der Waals surface area contributed by atoms with Crippen LogP contribution in [0, 0.1) is 0 Å². The lowest BCUT2D eigenvalue weighted by Crippen LogP contribution is -2.48. The molecule has 0 unspecified atom stereocenters. The van der Waals surface area contributed by atoms with Crippen molar-refractivity contribution in [3.63, 3.8) is 0 Å². The van der Waals surface area contributed by atoms with E-state index in [0.717, 1.165) is 0 Å². The minimum Gasteiger partial charge on any atom is -0.461 e. The summed E-state index contributed by atoms with van der Waals surface area (Å²) >= 11 is 6.02. The molecule has 4 aliphatic rings. The normalized spacial score (nSPS) is 26.3. The zero-order valence-electron chi connectivity index (χ0n) is 14.6. The first-order valence-corrected chi connectivity index (χ1v) is 9.04. The van der Waals surface area contributed by atoms with Crippen LogP contribution in [-0.4, -0.2) is 102 Å². The van der Waals surface area contributed by atoms with Gasteiger partial charge in [0.25, 0.3) is 0 Å². The summed E-state index contributed by atoms with van der Waals surface area (Å²) in [5.74, 6) is 0. The van der Waals surface area contributed by atoms with E-state index in [1.165, 1.54) is 0 Å². The summed E-state index contributed by atoms with van der Waals surface area (Å²) in [6.45, 7) is 4.90. The first-order chi connectivity index (χ1) is 13.2. The molecule has 12 heteroatoms. The molecule has 4 saturated heterocycles. The average Bonchev–Trinajstić information content (AvgIpc) is 3.37. The molecule has 5 heterocycles. The summed E-state index contributed by atoms with van der Waals surface area (Å²) in [7, 11) is 0. The standard InChI is InChI=1S/C15H20ClN5O6/c16-11-17-12(26-5-14-1-22-7-20(14)8-23-2-14)19-13(18-11)27-6-15-3-24-9-21(15)10-25-4-15/h1-10H2. The largest absolute Gasteiger partial charge is 0.461 e. The maximum Gasteiger partial charge on any atom is 0.323 e. The van der Waals surface area contributed by atoms with Gasteiger partial charge in [-0.25, -0.2) is 9.80 Å². The Morgan fingerprint density at radius 2 is 1.15 bits per heavy atom. The summed E-state index contributed by atoms with van der Waals surface area (Å²) in [6, 6.07) is 0.218. The highest BCUT2D eigenvalue weighted by molar-refractivity contribution is 6.28. The zero-order valence-corrected chi connectivity index (χ0v) is 15.4. The van der Waals surface area contributed by atoms with Gasteiger partial charge in [-0.1, -0.05) is 0 Å². The van der Waals surface area contributed by atoms with Crippen molar-refractivity contribution in [2.75, 3.05) is 66.6 Å². The Kier molecular flexibility index (Phi) is 4.55. The monoisotopic (exact) mass is 401 g/mol. The van der Waals surface area contributed by atoms with Gasteiger partial charge >= 0.3 is 12.0 Å². The fraction of sp³-hybridized carbons (Fsp3) is 0.800. The van der Waals surface area contributed by atoms with Gasteiger partial charge in [-0.3, -0.25) is 0 Å². The molecule has 27 heavy (non-hydrogen) atoms. The van der Waals surface area contributed by atoms with Gasteiger partial charge in [-0.15, -0.1) is 4.98 Å². The number of hydrogen-bond acceptors (Lipinski definition) is 11. The molecule has 0 N–H and O–H groups in total. The van der Waals surface area contributed by atoms with Crippen molar-refractivity contribution in [2.45, 2.75) is 11.1 Å². The Labute approximate surface area is 160 Å². The molecular weight excluding hydrogens is 382 g/mol. The van der Waals surface area contributed by atoms with Crippen LogP contribution >= 0.6 is 11.6 Å². The highest BCUT2D eigenvalue weighted by Gasteiger charge is 2.48. The fourth-order valence-electron chi connectivity index (χ4n) is 3.64. The van der Waals surface area contributed by atoms with Gasteiger partial charge in [0.2, 0.25) is 5.28 Å². The third kappa shape index (κ3) is 3.23. The lowest BCUT2D eigenvalue weighted by atomic mass is 10.0. The van der Waals surface area contributed by atoms with Crippen LogP contribution in [0.3, 0.4) is 0 Å². The number of ether oxygens (including phenoxy) is 6. The molecule has 0 saturated carbocycles. The van der Waals surface area contributed by atoms with Gasteiger partial charge in [0, 0.05) is 0 Å². The summed E-state index contributed by atoms with van der Waals surface area (Å²) in [5, 5.41) is 0.00870. The summed E-state index contributed by atoms with van der Waals surface area (Å²) in [4.78, 5) is 16.5. The minimum atomic E-state index is -0.317. The predicted octanol–water partition coefficient (Wildman–Crippen LogP) is -0.685.